The predicted octanol–water partition coefficient (Wildman–Crippen LogP) is 7.31. The molecule has 4 aromatic rings. The molecule has 0 aliphatic rings. The Kier molecular flexibility index (Phi) is 11.5. The summed E-state index contributed by atoms with van der Waals surface area (Å²) < 4.78 is 34.9. The van der Waals surface area contributed by atoms with Crippen LogP contribution in [0.3, 0.4) is 0 Å². The minimum absolute atomic E-state index is 0.0114. The van der Waals surface area contributed by atoms with Crippen molar-refractivity contribution in [2.24, 2.45) is 0 Å². The van der Waals surface area contributed by atoms with E-state index in [1.54, 1.807) is 79.7 Å². The lowest BCUT2D eigenvalue weighted by molar-refractivity contribution is -0.139. The van der Waals surface area contributed by atoms with Gasteiger partial charge in [-0.25, -0.2) is 8.42 Å². The summed E-state index contributed by atoms with van der Waals surface area (Å²) in [4.78, 5) is 28.7. The van der Waals surface area contributed by atoms with Gasteiger partial charge in [-0.3, -0.25) is 13.9 Å². The van der Waals surface area contributed by atoms with Crippen molar-refractivity contribution >= 4 is 50.7 Å². The van der Waals surface area contributed by atoms with Crippen LogP contribution in [-0.2, 0) is 26.2 Å². The molecule has 4 rings (SSSR count). The third kappa shape index (κ3) is 8.78. The van der Waals surface area contributed by atoms with Crippen molar-refractivity contribution in [1.29, 1.82) is 0 Å². The molecule has 0 fully saturated rings. The molecule has 8 nitrogen and oxygen atoms in total. The highest BCUT2D eigenvalue weighted by Gasteiger charge is 2.33. The lowest BCUT2D eigenvalue weighted by Crippen LogP contribution is -2.52. The number of ether oxygens (including phenoxy) is 1. The van der Waals surface area contributed by atoms with Crippen LogP contribution in [0.25, 0.3) is 0 Å². The Morgan fingerprint density at radius 2 is 1.44 bits per heavy atom. The third-order valence-electron chi connectivity index (χ3n) is 7.24. The topological polar surface area (TPSA) is 96.0 Å². The molecule has 0 saturated carbocycles. The van der Waals surface area contributed by atoms with Crippen molar-refractivity contribution < 1.29 is 22.7 Å². The second-order valence-electron chi connectivity index (χ2n) is 10.5. The summed E-state index contributed by atoms with van der Waals surface area (Å²) in [6.07, 6.45) is 0.697. The maximum absolute atomic E-state index is 14.1. The molecule has 0 aliphatic heterocycles. The highest BCUT2D eigenvalue weighted by molar-refractivity contribution is 7.92. The van der Waals surface area contributed by atoms with Crippen LogP contribution in [0.15, 0.2) is 108 Å². The number of halogens is 2. The van der Waals surface area contributed by atoms with E-state index in [-0.39, 0.29) is 29.1 Å². The molecule has 4 aromatic carbocycles. The van der Waals surface area contributed by atoms with Crippen molar-refractivity contribution in [2.45, 2.75) is 50.7 Å². The molecule has 0 aromatic heterocycles. The molecule has 0 saturated heterocycles. The molecule has 2 unspecified atom stereocenters. The lowest BCUT2D eigenvalue weighted by atomic mass is 10.1. The van der Waals surface area contributed by atoms with E-state index in [1.807, 2.05) is 32.0 Å². The number of carbonyl (C=O) groups excluding carboxylic acids is 2. The Morgan fingerprint density at radius 1 is 0.844 bits per heavy atom. The van der Waals surface area contributed by atoms with Gasteiger partial charge in [0.2, 0.25) is 11.8 Å². The van der Waals surface area contributed by atoms with Gasteiger partial charge in [-0.1, -0.05) is 72.6 Å². The number of hydrogen-bond donors (Lipinski definition) is 1. The number of nitrogens with zero attached hydrogens (tertiary/aromatic N) is 2. The van der Waals surface area contributed by atoms with E-state index in [1.165, 1.54) is 17.0 Å². The Morgan fingerprint density at radius 3 is 2.04 bits per heavy atom. The van der Waals surface area contributed by atoms with Gasteiger partial charge in [-0.15, -0.1) is 0 Å². The summed E-state index contributed by atoms with van der Waals surface area (Å²) in [7, 11) is -4.21. The van der Waals surface area contributed by atoms with E-state index in [4.69, 9.17) is 27.9 Å². The Bertz CT molecular complexity index is 1710. The quantitative estimate of drug-likeness (QED) is 0.161. The third-order valence-corrected chi connectivity index (χ3v) is 9.61. The zero-order valence-corrected chi connectivity index (χ0v) is 27.5. The van der Waals surface area contributed by atoms with Crippen LogP contribution < -0.4 is 14.4 Å². The molecule has 11 heteroatoms. The molecule has 45 heavy (non-hydrogen) atoms. The average Bonchev–Trinajstić information content (AvgIpc) is 3.04. The number of benzene rings is 4. The minimum Gasteiger partial charge on any atom is -0.457 e. The van der Waals surface area contributed by atoms with Crippen molar-refractivity contribution in [3.05, 3.63) is 119 Å². The molecule has 0 aliphatic carbocycles. The molecule has 2 amide bonds. The smallest absolute Gasteiger partial charge is 0.264 e. The van der Waals surface area contributed by atoms with Gasteiger partial charge in [0.05, 0.1) is 10.6 Å². The van der Waals surface area contributed by atoms with Crippen LogP contribution in [0.4, 0.5) is 5.69 Å². The van der Waals surface area contributed by atoms with Crippen LogP contribution in [0.2, 0.25) is 10.0 Å². The average molecular weight is 669 g/mol. The minimum atomic E-state index is -4.21. The molecule has 1 N–H and O–H groups in total. The SMILES string of the molecule is CCC(C)NC(=O)C(C)N(Cc1ccc(Cl)cc1Cl)C(=O)CN(c1ccc(Oc2ccccc2)cc1)S(=O)(=O)c1ccccc1. The van der Waals surface area contributed by atoms with Crippen molar-refractivity contribution in [3.63, 3.8) is 0 Å². The van der Waals surface area contributed by atoms with E-state index in [0.717, 1.165) is 4.31 Å². The van der Waals surface area contributed by atoms with Crippen molar-refractivity contribution in [1.82, 2.24) is 10.2 Å². The second kappa shape index (κ2) is 15.3. The Balaban J connectivity index is 1.70. The molecule has 0 spiro atoms. The summed E-state index contributed by atoms with van der Waals surface area (Å²) in [6.45, 7) is 4.78. The normalized spacial score (nSPS) is 12.6. The fourth-order valence-electron chi connectivity index (χ4n) is 4.44. The van der Waals surface area contributed by atoms with Gasteiger partial charge >= 0.3 is 0 Å². The molecule has 2 atom stereocenters. The van der Waals surface area contributed by atoms with Crippen molar-refractivity contribution in [3.8, 4) is 11.5 Å². The number of amides is 2. The Hall–Kier alpha value is -4.05. The van der Waals surface area contributed by atoms with Gasteiger partial charge in [0.25, 0.3) is 10.0 Å². The number of carbonyl (C=O) groups is 2. The summed E-state index contributed by atoms with van der Waals surface area (Å²) in [5.41, 5.74) is 0.797. The number of rotatable bonds is 13. The fourth-order valence-corrected chi connectivity index (χ4v) is 6.34. The van der Waals surface area contributed by atoms with Gasteiger partial charge in [-0.05, 0) is 86.5 Å². The highest BCUT2D eigenvalue weighted by Crippen LogP contribution is 2.29. The van der Waals surface area contributed by atoms with Crippen LogP contribution in [0, 0.1) is 0 Å². The van der Waals surface area contributed by atoms with E-state index >= 15 is 0 Å². The monoisotopic (exact) mass is 667 g/mol. The van der Waals surface area contributed by atoms with Gasteiger partial charge in [0.15, 0.2) is 0 Å². The predicted molar refractivity (Wildman–Crippen MR) is 178 cm³/mol. The first-order chi connectivity index (χ1) is 21.5. The molecular formula is C34H35Cl2N3O5S. The van der Waals surface area contributed by atoms with Gasteiger partial charge in [0.1, 0.15) is 24.1 Å². The lowest BCUT2D eigenvalue weighted by Gasteiger charge is -2.32. The number of para-hydroxylation sites is 1. The van der Waals surface area contributed by atoms with Crippen LogP contribution in [0.5, 0.6) is 11.5 Å². The first kappa shape index (κ1) is 33.8. The zero-order chi connectivity index (χ0) is 32.6. The molecule has 0 heterocycles. The standard InChI is InChI=1S/C34H35Cl2N3O5S/c1-4-24(2)37-34(41)25(3)38(22-26-15-16-27(35)21-32(26)36)33(40)23-39(45(42,43)31-13-9-6-10-14-31)28-17-19-30(20-18-28)44-29-11-7-5-8-12-29/h5-21,24-25H,4,22-23H2,1-3H3,(H,37,41). The summed E-state index contributed by atoms with van der Waals surface area (Å²) in [5, 5.41) is 3.65. The number of sulfonamides is 1. The van der Waals surface area contributed by atoms with Crippen LogP contribution >= 0.6 is 23.2 Å². The van der Waals surface area contributed by atoms with Gasteiger partial charge in [-0.2, -0.15) is 0 Å². The maximum Gasteiger partial charge on any atom is 0.264 e. The number of nitrogens with one attached hydrogen (secondary N) is 1. The molecule has 0 bridgehead atoms. The van der Waals surface area contributed by atoms with E-state index in [9.17, 15) is 18.0 Å². The molecule has 0 radical (unpaired) electrons. The molecule has 236 valence electrons. The van der Waals surface area contributed by atoms with E-state index in [2.05, 4.69) is 5.32 Å². The summed E-state index contributed by atoms with van der Waals surface area (Å²) >= 11 is 12.5. The zero-order valence-electron chi connectivity index (χ0n) is 25.2. The Labute approximate surface area is 274 Å². The second-order valence-corrected chi connectivity index (χ2v) is 13.2. The first-order valence-electron chi connectivity index (χ1n) is 14.4. The summed E-state index contributed by atoms with van der Waals surface area (Å²) in [5.74, 6) is 0.137. The highest BCUT2D eigenvalue weighted by atomic mass is 35.5. The van der Waals surface area contributed by atoms with Crippen LogP contribution in [-0.4, -0.2) is 43.8 Å². The van der Waals surface area contributed by atoms with Crippen molar-refractivity contribution in [2.75, 3.05) is 10.8 Å². The number of anilines is 1. The van der Waals surface area contributed by atoms with E-state index in [0.29, 0.717) is 33.5 Å². The van der Waals surface area contributed by atoms with E-state index < -0.39 is 28.5 Å². The largest absolute Gasteiger partial charge is 0.457 e. The summed E-state index contributed by atoms with van der Waals surface area (Å²) in [6, 6.07) is 27.2. The maximum atomic E-state index is 14.1. The first-order valence-corrected chi connectivity index (χ1v) is 16.6. The van der Waals surface area contributed by atoms with Gasteiger partial charge in [0, 0.05) is 22.6 Å². The fraction of sp³-hybridized carbons (Fsp3) is 0.235. The number of hydrogen-bond acceptors (Lipinski definition) is 5. The van der Waals surface area contributed by atoms with Crippen LogP contribution in [0.1, 0.15) is 32.8 Å². The molecular weight excluding hydrogens is 633 g/mol. The van der Waals surface area contributed by atoms with Gasteiger partial charge < -0.3 is 15.0 Å².